The van der Waals surface area contributed by atoms with Crippen LogP contribution in [0.5, 0.6) is 0 Å². The fourth-order valence-corrected chi connectivity index (χ4v) is 1.83. The smallest absolute Gasteiger partial charge is 0.305 e. The van der Waals surface area contributed by atoms with Crippen molar-refractivity contribution in [2.24, 2.45) is 0 Å². The summed E-state index contributed by atoms with van der Waals surface area (Å²) in [7, 11) is 0. The number of carboxylic acid groups (broad SMARTS) is 1. The van der Waals surface area contributed by atoms with Crippen LogP contribution >= 0.6 is 15.9 Å². The molecule has 18 heavy (non-hydrogen) atoms. The van der Waals surface area contributed by atoms with Gasteiger partial charge in [-0.15, -0.1) is 0 Å². The Balaban J connectivity index is 2.82. The molecule has 0 spiro atoms. The number of carboxylic acids is 1. The maximum absolute atomic E-state index is 12.2. The van der Waals surface area contributed by atoms with Crippen LogP contribution in [0.15, 0.2) is 28.7 Å². The number of carbonyl (C=O) groups excluding carboxylic acids is 1. The topological polar surface area (TPSA) is 57.6 Å². The van der Waals surface area contributed by atoms with Crippen LogP contribution in [0.3, 0.4) is 0 Å². The molecule has 1 rings (SSSR count). The van der Waals surface area contributed by atoms with Gasteiger partial charge in [-0.3, -0.25) is 9.59 Å². The summed E-state index contributed by atoms with van der Waals surface area (Å²) in [4.78, 5) is 24.4. The van der Waals surface area contributed by atoms with Gasteiger partial charge in [-0.1, -0.05) is 15.9 Å². The highest BCUT2D eigenvalue weighted by atomic mass is 79.9. The largest absolute Gasteiger partial charge is 0.481 e. The number of benzene rings is 1. The summed E-state index contributed by atoms with van der Waals surface area (Å²) in [6, 6.07) is 7.01. The zero-order valence-electron chi connectivity index (χ0n) is 10.4. The van der Waals surface area contributed by atoms with E-state index in [2.05, 4.69) is 15.9 Å². The second-order valence-electron chi connectivity index (χ2n) is 4.24. The molecule has 0 aromatic heterocycles. The van der Waals surface area contributed by atoms with Crippen LogP contribution in [0.4, 0.5) is 0 Å². The Morgan fingerprint density at radius 3 is 2.28 bits per heavy atom. The first-order chi connectivity index (χ1) is 8.41. The zero-order chi connectivity index (χ0) is 13.7. The molecule has 1 amide bonds. The summed E-state index contributed by atoms with van der Waals surface area (Å²) < 4.78 is 0.903. The third-order valence-electron chi connectivity index (χ3n) is 2.54. The van der Waals surface area contributed by atoms with Gasteiger partial charge in [-0.05, 0) is 38.1 Å². The van der Waals surface area contributed by atoms with E-state index < -0.39 is 5.97 Å². The van der Waals surface area contributed by atoms with Crippen molar-refractivity contribution in [2.45, 2.75) is 26.3 Å². The van der Waals surface area contributed by atoms with Crippen LogP contribution in [0.1, 0.15) is 30.6 Å². The Bertz CT molecular complexity index is 428. The van der Waals surface area contributed by atoms with Gasteiger partial charge in [0.25, 0.3) is 5.91 Å². The normalized spacial score (nSPS) is 10.4. The first-order valence-electron chi connectivity index (χ1n) is 5.70. The van der Waals surface area contributed by atoms with Gasteiger partial charge in [-0.25, -0.2) is 0 Å². The molecule has 1 aromatic carbocycles. The van der Waals surface area contributed by atoms with Gasteiger partial charge in [0.1, 0.15) is 0 Å². The van der Waals surface area contributed by atoms with Crippen molar-refractivity contribution in [3.8, 4) is 0 Å². The van der Waals surface area contributed by atoms with Crippen molar-refractivity contribution in [1.29, 1.82) is 0 Å². The van der Waals surface area contributed by atoms with Crippen LogP contribution in [0, 0.1) is 0 Å². The van der Waals surface area contributed by atoms with E-state index in [4.69, 9.17) is 5.11 Å². The number of halogens is 1. The molecule has 0 heterocycles. The average molecular weight is 314 g/mol. The van der Waals surface area contributed by atoms with Crippen molar-refractivity contribution >= 4 is 27.8 Å². The second kappa shape index (κ2) is 6.54. The summed E-state index contributed by atoms with van der Waals surface area (Å²) >= 11 is 3.31. The minimum Gasteiger partial charge on any atom is -0.481 e. The van der Waals surface area contributed by atoms with Crippen molar-refractivity contribution < 1.29 is 14.7 Å². The van der Waals surface area contributed by atoms with E-state index in [1.54, 1.807) is 29.2 Å². The average Bonchev–Trinajstić information content (AvgIpc) is 2.29. The van der Waals surface area contributed by atoms with Crippen LogP contribution in [-0.2, 0) is 4.79 Å². The first kappa shape index (κ1) is 14.7. The minimum absolute atomic E-state index is 0.0273. The second-order valence-corrected chi connectivity index (χ2v) is 5.16. The van der Waals surface area contributed by atoms with Gasteiger partial charge in [0.15, 0.2) is 0 Å². The third-order valence-corrected chi connectivity index (χ3v) is 3.07. The molecular weight excluding hydrogens is 298 g/mol. The molecule has 5 heteroatoms. The van der Waals surface area contributed by atoms with E-state index in [9.17, 15) is 9.59 Å². The number of carbonyl (C=O) groups is 2. The maximum atomic E-state index is 12.2. The molecule has 0 aliphatic rings. The lowest BCUT2D eigenvalue weighted by Gasteiger charge is -2.26. The first-order valence-corrected chi connectivity index (χ1v) is 6.49. The molecule has 0 saturated carbocycles. The van der Waals surface area contributed by atoms with E-state index in [-0.39, 0.29) is 24.9 Å². The Kier molecular flexibility index (Phi) is 5.34. The summed E-state index contributed by atoms with van der Waals surface area (Å²) in [6.45, 7) is 3.97. The number of nitrogens with zero attached hydrogens (tertiary/aromatic N) is 1. The molecule has 0 saturated heterocycles. The summed E-state index contributed by atoms with van der Waals surface area (Å²) in [5.41, 5.74) is 0.567. The lowest BCUT2D eigenvalue weighted by atomic mass is 10.1. The Labute approximate surface area is 115 Å². The van der Waals surface area contributed by atoms with E-state index in [0.29, 0.717) is 5.56 Å². The number of aliphatic carboxylic acids is 1. The van der Waals surface area contributed by atoms with Gasteiger partial charge < -0.3 is 10.0 Å². The van der Waals surface area contributed by atoms with Gasteiger partial charge in [0.2, 0.25) is 0 Å². The molecule has 0 fully saturated rings. The summed E-state index contributed by atoms with van der Waals surface area (Å²) in [6.07, 6.45) is -0.0412. The molecule has 0 aliphatic heterocycles. The molecule has 0 atom stereocenters. The van der Waals surface area contributed by atoms with Crippen LogP contribution < -0.4 is 0 Å². The van der Waals surface area contributed by atoms with E-state index in [0.717, 1.165) is 4.47 Å². The van der Waals surface area contributed by atoms with Crippen LogP contribution in [-0.4, -0.2) is 34.5 Å². The van der Waals surface area contributed by atoms with Crippen molar-refractivity contribution in [3.63, 3.8) is 0 Å². The van der Waals surface area contributed by atoms with Crippen molar-refractivity contribution in [3.05, 3.63) is 34.3 Å². The SMILES string of the molecule is CC(C)N(CCC(=O)O)C(=O)c1ccc(Br)cc1. The summed E-state index contributed by atoms with van der Waals surface area (Å²) in [5.74, 6) is -1.04. The minimum atomic E-state index is -0.899. The summed E-state index contributed by atoms with van der Waals surface area (Å²) in [5, 5.41) is 8.69. The molecule has 0 bridgehead atoms. The standard InChI is InChI=1S/C13H16BrNO3/c1-9(2)15(8-7-12(16)17)13(18)10-3-5-11(14)6-4-10/h3-6,9H,7-8H2,1-2H3,(H,16,17). The molecular formula is C13H16BrNO3. The molecule has 0 aliphatic carbocycles. The molecule has 0 unspecified atom stereocenters. The van der Waals surface area contributed by atoms with Crippen molar-refractivity contribution in [2.75, 3.05) is 6.54 Å². The molecule has 1 aromatic rings. The Morgan fingerprint density at radius 1 is 1.28 bits per heavy atom. The number of rotatable bonds is 5. The highest BCUT2D eigenvalue weighted by Gasteiger charge is 2.19. The molecule has 0 radical (unpaired) electrons. The van der Waals surface area contributed by atoms with Crippen LogP contribution in [0.25, 0.3) is 0 Å². The van der Waals surface area contributed by atoms with Gasteiger partial charge in [-0.2, -0.15) is 0 Å². The number of amides is 1. The van der Waals surface area contributed by atoms with E-state index >= 15 is 0 Å². The highest BCUT2D eigenvalue weighted by molar-refractivity contribution is 9.10. The quantitative estimate of drug-likeness (QED) is 0.909. The fraction of sp³-hybridized carbons (Fsp3) is 0.385. The van der Waals surface area contributed by atoms with Crippen LogP contribution in [0.2, 0.25) is 0 Å². The predicted molar refractivity (Wildman–Crippen MR) is 72.6 cm³/mol. The predicted octanol–water partition coefficient (Wildman–Crippen LogP) is 2.77. The van der Waals surface area contributed by atoms with E-state index in [1.165, 1.54) is 0 Å². The molecule has 4 nitrogen and oxygen atoms in total. The van der Waals surface area contributed by atoms with Crippen molar-refractivity contribution in [1.82, 2.24) is 4.90 Å². The maximum Gasteiger partial charge on any atom is 0.305 e. The molecule has 98 valence electrons. The highest BCUT2D eigenvalue weighted by Crippen LogP contribution is 2.14. The lowest BCUT2D eigenvalue weighted by molar-refractivity contribution is -0.137. The monoisotopic (exact) mass is 313 g/mol. The Morgan fingerprint density at radius 2 is 1.83 bits per heavy atom. The van der Waals surface area contributed by atoms with E-state index in [1.807, 2.05) is 13.8 Å². The Hall–Kier alpha value is -1.36. The molecule has 1 N–H and O–H groups in total. The third kappa shape index (κ3) is 4.14. The van der Waals surface area contributed by atoms with Gasteiger partial charge >= 0.3 is 5.97 Å². The number of hydrogen-bond acceptors (Lipinski definition) is 2. The number of hydrogen-bond donors (Lipinski definition) is 1. The fourth-order valence-electron chi connectivity index (χ4n) is 1.57. The van der Waals surface area contributed by atoms with Gasteiger partial charge in [0, 0.05) is 22.6 Å². The lowest BCUT2D eigenvalue weighted by Crippen LogP contribution is -2.38. The van der Waals surface area contributed by atoms with Gasteiger partial charge in [0.05, 0.1) is 6.42 Å². The zero-order valence-corrected chi connectivity index (χ0v) is 12.0.